The highest BCUT2D eigenvalue weighted by Crippen LogP contribution is 2.30. The van der Waals surface area contributed by atoms with Crippen molar-refractivity contribution in [1.82, 2.24) is 14.8 Å². The fourth-order valence-corrected chi connectivity index (χ4v) is 4.24. The number of nitrogens with zero attached hydrogens (tertiary/aromatic N) is 3. The Balaban J connectivity index is 1.64. The number of hydrogen-bond acceptors (Lipinski definition) is 5. The highest BCUT2D eigenvalue weighted by molar-refractivity contribution is 7.99. The van der Waals surface area contributed by atoms with Gasteiger partial charge in [-0.3, -0.25) is 9.59 Å². The topological polar surface area (TPSA) is 88.9 Å². The van der Waals surface area contributed by atoms with Crippen LogP contribution < -0.4 is 10.6 Å². The van der Waals surface area contributed by atoms with Gasteiger partial charge in [-0.15, -0.1) is 16.8 Å². The largest absolute Gasteiger partial charge is 0.416 e. The first-order chi connectivity index (χ1) is 16.5. The molecule has 0 aliphatic carbocycles. The Hall–Kier alpha value is -3.02. The smallest absolute Gasteiger partial charge is 0.326 e. The van der Waals surface area contributed by atoms with Crippen LogP contribution in [0.5, 0.6) is 0 Å². The first kappa shape index (κ1) is 26.6. The summed E-state index contributed by atoms with van der Waals surface area (Å²) in [5.74, 6) is -0.672. The molecule has 0 bridgehead atoms. The van der Waals surface area contributed by atoms with Crippen LogP contribution in [0.4, 0.5) is 24.5 Å². The first-order valence-electron chi connectivity index (χ1n) is 9.94. The van der Waals surface area contributed by atoms with Crippen molar-refractivity contribution in [3.05, 3.63) is 76.6 Å². The van der Waals surface area contributed by atoms with E-state index in [1.807, 2.05) is 0 Å². The number of allylic oxidation sites excluding steroid dienone is 1. The maximum atomic E-state index is 12.9. The minimum atomic E-state index is -4.53. The molecule has 0 aliphatic rings. The Labute approximate surface area is 212 Å². The number of benzene rings is 2. The number of carbonyl (C=O) groups excluding carboxylic acids is 2. The van der Waals surface area contributed by atoms with Crippen LogP contribution in [0.25, 0.3) is 0 Å². The molecule has 3 rings (SSSR count). The summed E-state index contributed by atoms with van der Waals surface area (Å²) in [4.78, 5) is 24.8. The van der Waals surface area contributed by atoms with Gasteiger partial charge in [0.2, 0.25) is 11.8 Å². The number of hydrogen-bond donors (Lipinski definition) is 2. The molecule has 35 heavy (non-hydrogen) atoms. The average molecular weight is 544 g/mol. The molecule has 1 aromatic heterocycles. The third-order valence-corrected chi connectivity index (χ3v) is 5.78. The normalized spacial score (nSPS) is 11.2. The monoisotopic (exact) mass is 543 g/mol. The van der Waals surface area contributed by atoms with Crippen molar-refractivity contribution in [2.45, 2.75) is 24.3 Å². The number of nitrogens with one attached hydrogen (secondary N) is 2. The number of carbonyl (C=O) groups is 2. The third kappa shape index (κ3) is 7.74. The van der Waals surface area contributed by atoms with Crippen molar-refractivity contribution in [2.75, 3.05) is 16.4 Å². The SMILES string of the molecule is C=CCn1c(CC(=O)Nc2cccc(C(F)(F)F)c2)nnc1SCC(=O)Nc1cc(Cl)cc(Cl)c1. The summed E-state index contributed by atoms with van der Waals surface area (Å²) in [6, 6.07) is 8.96. The van der Waals surface area contributed by atoms with Gasteiger partial charge in [0, 0.05) is 28.0 Å². The lowest BCUT2D eigenvalue weighted by atomic mass is 10.2. The van der Waals surface area contributed by atoms with Gasteiger partial charge in [-0.1, -0.05) is 47.1 Å². The zero-order chi connectivity index (χ0) is 25.6. The van der Waals surface area contributed by atoms with Crippen molar-refractivity contribution in [2.24, 2.45) is 0 Å². The Morgan fingerprint density at radius 1 is 1.03 bits per heavy atom. The van der Waals surface area contributed by atoms with E-state index in [1.165, 1.54) is 18.2 Å². The maximum Gasteiger partial charge on any atom is 0.416 e. The fraction of sp³-hybridized carbons (Fsp3) is 0.182. The van der Waals surface area contributed by atoms with Gasteiger partial charge >= 0.3 is 6.18 Å². The van der Waals surface area contributed by atoms with Crippen molar-refractivity contribution >= 4 is 58.2 Å². The van der Waals surface area contributed by atoms with Gasteiger partial charge in [0.25, 0.3) is 0 Å². The molecule has 0 radical (unpaired) electrons. The summed E-state index contributed by atoms with van der Waals surface area (Å²) in [5, 5.41) is 14.2. The molecule has 3 aromatic rings. The second-order valence-corrected chi connectivity index (χ2v) is 8.91. The Bertz CT molecular complexity index is 1230. The van der Waals surface area contributed by atoms with Gasteiger partial charge in [-0.25, -0.2) is 0 Å². The lowest BCUT2D eigenvalue weighted by Gasteiger charge is -2.11. The molecule has 0 atom stereocenters. The molecule has 0 aliphatic heterocycles. The van der Waals surface area contributed by atoms with Crippen LogP contribution in [0.15, 0.2) is 60.3 Å². The molecule has 1 heterocycles. The van der Waals surface area contributed by atoms with E-state index in [0.717, 1.165) is 23.9 Å². The summed E-state index contributed by atoms with van der Waals surface area (Å²) in [5.41, 5.74) is -0.429. The van der Waals surface area contributed by atoms with Crippen molar-refractivity contribution in [3.8, 4) is 0 Å². The molecule has 2 aromatic carbocycles. The maximum absolute atomic E-state index is 12.9. The molecular formula is C22H18Cl2F3N5O2S. The van der Waals surface area contributed by atoms with Crippen molar-refractivity contribution in [3.63, 3.8) is 0 Å². The van der Waals surface area contributed by atoms with Crippen LogP contribution in [0.1, 0.15) is 11.4 Å². The molecule has 184 valence electrons. The highest BCUT2D eigenvalue weighted by Gasteiger charge is 2.30. The van der Waals surface area contributed by atoms with E-state index in [9.17, 15) is 22.8 Å². The number of halogens is 5. The van der Waals surface area contributed by atoms with E-state index in [0.29, 0.717) is 20.9 Å². The zero-order valence-corrected chi connectivity index (χ0v) is 20.2. The van der Waals surface area contributed by atoms with Gasteiger partial charge < -0.3 is 15.2 Å². The molecule has 0 spiro atoms. The minimum absolute atomic E-state index is 0.00648. The minimum Gasteiger partial charge on any atom is -0.326 e. The van der Waals surface area contributed by atoms with Gasteiger partial charge in [-0.2, -0.15) is 13.2 Å². The van der Waals surface area contributed by atoms with Gasteiger partial charge in [-0.05, 0) is 36.4 Å². The molecular weight excluding hydrogens is 526 g/mol. The third-order valence-electron chi connectivity index (χ3n) is 4.38. The quantitative estimate of drug-likeness (QED) is 0.267. The fourth-order valence-electron chi connectivity index (χ4n) is 2.94. The van der Waals surface area contributed by atoms with Crippen LogP contribution in [0.2, 0.25) is 10.0 Å². The standard InChI is InChI=1S/C22H18Cl2F3N5O2S/c1-2-6-32-18(11-19(33)28-16-5-3-4-13(7-16)22(25,26)27)30-31-21(32)35-12-20(34)29-17-9-14(23)8-15(24)10-17/h2-5,7-10H,1,6,11-12H2,(H,28,33)(H,29,34). The van der Waals surface area contributed by atoms with E-state index < -0.39 is 17.6 Å². The summed E-state index contributed by atoms with van der Waals surface area (Å²) in [6.45, 7) is 3.92. The molecule has 2 N–H and O–H groups in total. The molecule has 0 saturated heterocycles. The summed E-state index contributed by atoms with van der Waals surface area (Å²) in [7, 11) is 0. The van der Waals surface area contributed by atoms with Crippen LogP contribution in [0.3, 0.4) is 0 Å². The van der Waals surface area contributed by atoms with Crippen molar-refractivity contribution in [1.29, 1.82) is 0 Å². The molecule has 13 heteroatoms. The van der Waals surface area contributed by atoms with Crippen LogP contribution in [0, 0.1) is 0 Å². The summed E-state index contributed by atoms with van der Waals surface area (Å²) < 4.78 is 40.3. The van der Waals surface area contributed by atoms with Crippen LogP contribution >= 0.6 is 35.0 Å². The van der Waals surface area contributed by atoms with Gasteiger partial charge in [0.05, 0.1) is 17.7 Å². The molecule has 0 fully saturated rings. The number of thioether (sulfide) groups is 1. The second-order valence-electron chi connectivity index (χ2n) is 7.10. The summed E-state index contributed by atoms with van der Waals surface area (Å²) in [6.07, 6.45) is -3.21. The number of alkyl halides is 3. The molecule has 2 amide bonds. The number of rotatable bonds is 9. The molecule has 0 unspecified atom stereocenters. The number of anilines is 2. The van der Waals surface area contributed by atoms with E-state index in [2.05, 4.69) is 27.4 Å². The highest BCUT2D eigenvalue weighted by atomic mass is 35.5. The van der Waals surface area contributed by atoms with Gasteiger partial charge in [0.15, 0.2) is 5.16 Å². The summed E-state index contributed by atoms with van der Waals surface area (Å²) >= 11 is 12.9. The van der Waals surface area contributed by atoms with Crippen LogP contribution in [-0.2, 0) is 28.7 Å². The van der Waals surface area contributed by atoms with Gasteiger partial charge in [0.1, 0.15) is 5.82 Å². The van der Waals surface area contributed by atoms with E-state index >= 15 is 0 Å². The van der Waals surface area contributed by atoms with E-state index in [1.54, 1.807) is 22.8 Å². The number of aromatic nitrogens is 3. The predicted octanol–water partition coefficient (Wildman–Crippen LogP) is 5.70. The molecule has 7 nitrogen and oxygen atoms in total. The van der Waals surface area contributed by atoms with Crippen molar-refractivity contribution < 1.29 is 22.8 Å². The number of amides is 2. The second kappa shape index (κ2) is 11.6. The van der Waals surface area contributed by atoms with Crippen LogP contribution in [-0.4, -0.2) is 32.3 Å². The Morgan fingerprint density at radius 3 is 2.37 bits per heavy atom. The Kier molecular flexibility index (Phi) is 8.82. The zero-order valence-electron chi connectivity index (χ0n) is 17.9. The van der Waals surface area contributed by atoms with E-state index in [4.69, 9.17) is 23.2 Å². The van der Waals surface area contributed by atoms with E-state index in [-0.39, 0.29) is 36.1 Å². The average Bonchev–Trinajstić information content (AvgIpc) is 3.12. The predicted molar refractivity (Wildman–Crippen MR) is 130 cm³/mol. The molecule has 0 saturated carbocycles. The lowest BCUT2D eigenvalue weighted by Crippen LogP contribution is -2.18. The first-order valence-corrected chi connectivity index (χ1v) is 11.7. The Morgan fingerprint density at radius 2 is 1.71 bits per heavy atom. The lowest BCUT2D eigenvalue weighted by molar-refractivity contribution is -0.137.